The maximum Gasteiger partial charge on any atom is 0.253 e. The molecule has 2 aromatic carbocycles. The number of benzene rings is 2. The molecule has 0 bridgehead atoms. The highest BCUT2D eigenvalue weighted by atomic mass is 35.5. The molecule has 9 heteroatoms. The number of nitrogens with one attached hydrogen (secondary N) is 2. The van der Waals surface area contributed by atoms with E-state index in [2.05, 4.69) is 10.6 Å². The number of amides is 3. The minimum atomic E-state index is -0.768. The van der Waals surface area contributed by atoms with Gasteiger partial charge in [-0.3, -0.25) is 14.4 Å². The van der Waals surface area contributed by atoms with Gasteiger partial charge in [0.2, 0.25) is 11.8 Å². The van der Waals surface area contributed by atoms with E-state index in [0.717, 1.165) is 0 Å². The Morgan fingerprint density at radius 2 is 1.91 bits per heavy atom. The van der Waals surface area contributed by atoms with Gasteiger partial charge in [0.15, 0.2) is 0 Å². The summed E-state index contributed by atoms with van der Waals surface area (Å²) in [5, 5.41) is 5.87. The lowest BCUT2D eigenvalue weighted by molar-refractivity contribution is -0.136. The van der Waals surface area contributed by atoms with Crippen LogP contribution in [0.2, 0.25) is 5.02 Å². The minimum absolute atomic E-state index is 0.135. The topological polar surface area (TPSA) is 87.7 Å². The standard InChI is InChI=1S/C23H28ClN3O4S/c1-4-27(15-21(28)25-16-8-7-9-17(14-16)31-2)23(30)20(12-13-32-3)26-22(29)18-10-5-6-11-19(18)24/h5-11,14,20H,4,12-13,15H2,1-3H3,(H,25,28)(H,26,29). The molecule has 2 rings (SSSR count). The highest BCUT2D eigenvalue weighted by Gasteiger charge is 2.27. The Kier molecular flexibility index (Phi) is 10.4. The maximum absolute atomic E-state index is 13.2. The average molecular weight is 478 g/mol. The van der Waals surface area contributed by atoms with Gasteiger partial charge in [-0.15, -0.1) is 0 Å². The number of hydrogen-bond donors (Lipinski definition) is 2. The second-order valence-corrected chi connectivity index (χ2v) is 8.31. The van der Waals surface area contributed by atoms with Crippen molar-refractivity contribution in [2.24, 2.45) is 0 Å². The molecule has 1 unspecified atom stereocenters. The first-order valence-electron chi connectivity index (χ1n) is 10.2. The SMILES string of the molecule is CCN(CC(=O)Nc1cccc(OC)c1)C(=O)C(CCSC)NC(=O)c1ccccc1Cl. The van der Waals surface area contributed by atoms with Crippen LogP contribution in [0.5, 0.6) is 5.75 Å². The van der Waals surface area contributed by atoms with E-state index in [-0.39, 0.29) is 18.4 Å². The monoisotopic (exact) mass is 477 g/mol. The van der Waals surface area contributed by atoms with Gasteiger partial charge in [-0.2, -0.15) is 11.8 Å². The zero-order valence-corrected chi connectivity index (χ0v) is 20.0. The Morgan fingerprint density at radius 3 is 2.56 bits per heavy atom. The molecule has 0 aliphatic heterocycles. The summed E-state index contributed by atoms with van der Waals surface area (Å²) < 4.78 is 5.16. The van der Waals surface area contributed by atoms with Crippen molar-refractivity contribution in [2.75, 3.05) is 37.5 Å². The summed E-state index contributed by atoms with van der Waals surface area (Å²) in [4.78, 5) is 39.9. The molecule has 0 saturated heterocycles. The first kappa shape index (κ1) is 25.5. The number of carbonyl (C=O) groups excluding carboxylic acids is 3. The van der Waals surface area contributed by atoms with Crippen molar-refractivity contribution in [3.8, 4) is 5.75 Å². The molecular formula is C23H28ClN3O4S. The first-order chi connectivity index (χ1) is 15.4. The van der Waals surface area contributed by atoms with Crippen LogP contribution in [0.4, 0.5) is 5.69 Å². The van der Waals surface area contributed by atoms with Gasteiger partial charge in [-0.25, -0.2) is 0 Å². The van der Waals surface area contributed by atoms with Crippen molar-refractivity contribution < 1.29 is 19.1 Å². The van der Waals surface area contributed by atoms with Gasteiger partial charge in [0.05, 0.1) is 24.2 Å². The molecule has 0 spiro atoms. The molecule has 0 heterocycles. The second kappa shape index (κ2) is 13.0. The fourth-order valence-corrected chi connectivity index (χ4v) is 3.71. The van der Waals surface area contributed by atoms with E-state index < -0.39 is 11.9 Å². The largest absolute Gasteiger partial charge is 0.497 e. The zero-order chi connectivity index (χ0) is 23.5. The lowest BCUT2D eigenvalue weighted by Gasteiger charge is -2.26. The third-order valence-corrected chi connectivity index (χ3v) is 5.69. The van der Waals surface area contributed by atoms with Gasteiger partial charge in [-0.1, -0.05) is 29.8 Å². The molecule has 3 amide bonds. The van der Waals surface area contributed by atoms with E-state index in [1.54, 1.807) is 74.3 Å². The lowest BCUT2D eigenvalue weighted by Crippen LogP contribution is -2.50. The van der Waals surface area contributed by atoms with Crippen LogP contribution >= 0.6 is 23.4 Å². The summed E-state index contributed by atoms with van der Waals surface area (Å²) in [6, 6.07) is 12.9. The predicted octanol–water partition coefficient (Wildman–Crippen LogP) is 3.69. The maximum atomic E-state index is 13.2. The van der Waals surface area contributed by atoms with Crippen molar-refractivity contribution in [3.05, 3.63) is 59.1 Å². The Hall–Kier alpha value is -2.71. The molecule has 7 nitrogen and oxygen atoms in total. The number of ether oxygens (including phenoxy) is 1. The fourth-order valence-electron chi connectivity index (χ4n) is 3.02. The number of rotatable bonds is 11. The Bertz CT molecular complexity index is 941. The molecule has 1 atom stereocenters. The summed E-state index contributed by atoms with van der Waals surface area (Å²) in [6.45, 7) is 1.98. The number of anilines is 1. The summed E-state index contributed by atoms with van der Waals surface area (Å²) in [5.41, 5.74) is 0.874. The average Bonchev–Trinajstić information content (AvgIpc) is 2.80. The Labute approximate surface area is 197 Å². The van der Waals surface area contributed by atoms with Crippen LogP contribution in [-0.4, -0.2) is 60.9 Å². The van der Waals surface area contributed by atoms with Crippen LogP contribution in [0, 0.1) is 0 Å². The van der Waals surface area contributed by atoms with Gasteiger partial charge in [0.25, 0.3) is 5.91 Å². The predicted molar refractivity (Wildman–Crippen MR) is 130 cm³/mol. The molecule has 2 N–H and O–H groups in total. The number of thioether (sulfide) groups is 1. The van der Waals surface area contributed by atoms with Gasteiger partial charge in [-0.05, 0) is 49.6 Å². The summed E-state index contributed by atoms with van der Waals surface area (Å²) in [5.74, 6) is 0.210. The van der Waals surface area contributed by atoms with Crippen LogP contribution in [0.3, 0.4) is 0 Å². The molecule has 32 heavy (non-hydrogen) atoms. The molecule has 0 aromatic heterocycles. The fraction of sp³-hybridized carbons (Fsp3) is 0.348. The normalized spacial score (nSPS) is 11.4. The molecule has 0 aliphatic carbocycles. The van der Waals surface area contributed by atoms with Gasteiger partial charge >= 0.3 is 0 Å². The molecule has 172 valence electrons. The van der Waals surface area contributed by atoms with Crippen LogP contribution < -0.4 is 15.4 Å². The second-order valence-electron chi connectivity index (χ2n) is 6.92. The van der Waals surface area contributed by atoms with Gasteiger partial charge in [0.1, 0.15) is 11.8 Å². The van der Waals surface area contributed by atoms with E-state index in [1.165, 1.54) is 4.90 Å². The number of carbonyl (C=O) groups is 3. The summed E-state index contributed by atoms with van der Waals surface area (Å²) in [7, 11) is 1.55. The Morgan fingerprint density at radius 1 is 1.16 bits per heavy atom. The number of hydrogen-bond acceptors (Lipinski definition) is 5. The Balaban J connectivity index is 2.08. The van der Waals surface area contributed by atoms with Gasteiger partial charge < -0.3 is 20.3 Å². The molecule has 0 aliphatic rings. The first-order valence-corrected chi connectivity index (χ1v) is 11.9. The van der Waals surface area contributed by atoms with Crippen molar-refractivity contribution >= 4 is 46.8 Å². The van der Waals surface area contributed by atoms with Crippen molar-refractivity contribution in [2.45, 2.75) is 19.4 Å². The molecule has 0 saturated carbocycles. The number of halogens is 1. The third-order valence-electron chi connectivity index (χ3n) is 4.71. The smallest absolute Gasteiger partial charge is 0.253 e. The van der Waals surface area contributed by atoms with E-state index in [4.69, 9.17) is 16.3 Å². The van der Waals surface area contributed by atoms with Crippen LogP contribution in [0.1, 0.15) is 23.7 Å². The van der Waals surface area contributed by atoms with Crippen LogP contribution in [0.25, 0.3) is 0 Å². The summed E-state index contributed by atoms with van der Waals surface area (Å²) in [6.07, 6.45) is 2.36. The number of likely N-dealkylation sites (N-methyl/N-ethyl adjacent to an activating group) is 1. The number of nitrogens with zero attached hydrogens (tertiary/aromatic N) is 1. The van der Waals surface area contributed by atoms with Crippen molar-refractivity contribution in [1.29, 1.82) is 0 Å². The zero-order valence-electron chi connectivity index (χ0n) is 18.4. The summed E-state index contributed by atoms with van der Waals surface area (Å²) >= 11 is 7.69. The molecular weight excluding hydrogens is 450 g/mol. The third kappa shape index (κ3) is 7.46. The van der Waals surface area contributed by atoms with Crippen LogP contribution in [0.15, 0.2) is 48.5 Å². The number of methoxy groups -OCH3 is 1. The molecule has 0 fully saturated rings. The highest BCUT2D eigenvalue weighted by Crippen LogP contribution is 2.17. The van der Waals surface area contributed by atoms with E-state index in [0.29, 0.717) is 40.7 Å². The van der Waals surface area contributed by atoms with Crippen LogP contribution in [-0.2, 0) is 9.59 Å². The molecule has 2 aromatic rings. The lowest BCUT2D eigenvalue weighted by atomic mass is 10.1. The van der Waals surface area contributed by atoms with Crippen molar-refractivity contribution in [3.63, 3.8) is 0 Å². The highest BCUT2D eigenvalue weighted by molar-refractivity contribution is 7.98. The van der Waals surface area contributed by atoms with E-state index in [9.17, 15) is 14.4 Å². The van der Waals surface area contributed by atoms with Crippen molar-refractivity contribution in [1.82, 2.24) is 10.2 Å². The molecule has 0 radical (unpaired) electrons. The quantitative estimate of drug-likeness (QED) is 0.515. The minimum Gasteiger partial charge on any atom is -0.497 e. The van der Waals surface area contributed by atoms with E-state index >= 15 is 0 Å². The van der Waals surface area contributed by atoms with Gasteiger partial charge in [0, 0.05) is 18.3 Å². The van der Waals surface area contributed by atoms with E-state index in [1.807, 2.05) is 6.26 Å².